The van der Waals surface area contributed by atoms with Gasteiger partial charge in [-0.15, -0.1) is 0 Å². The van der Waals surface area contributed by atoms with Crippen molar-refractivity contribution in [3.05, 3.63) is 100 Å². The Morgan fingerprint density at radius 2 is 1.79 bits per heavy atom. The van der Waals surface area contributed by atoms with E-state index in [2.05, 4.69) is 4.90 Å². The molecular formula is C31H30N4O7. The number of morpholine rings is 1. The Bertz CT molecular complexity index is 1590. The summed E-state index contributed by atoms with van der Waals surface area (Å²) in [6, 6.07) is 22.8. The van der Waals surface area contributed by atoms with E-state index < -0.39 is 10.9 Å². The average molecular weight is 571 g/mol. The minimum Gasteiger partial charge on any atom is -0.497 e. The fourth-order valence-electron chi connectivity index (χ4n) is 4.80. The van der Waals surface area contributed by atoms with Crippen LogP contribution in [-0.4, -0.2) is 61.4 Å². The topological polar surface area (TPSA) is 128 Å². The maximum atomic E-state index is 12.1. The predicted molar refractivity (Wildman–Crippen MR) is 158 cm³/mol. The Balaban J connectivity index is 1.54. The van der Waals surface area contributed by atoms with Crippen LogP contribution in [0.25, 0.3) is 11.3 Å². The summed E-state index contributed by atoms with van der Waals surface area (Å²) in [5.41, 5.74) is 3.74. The van der Waals surface area contributed by atoms with Gasteiger partial charge >= 0.3 is 5.97 Å². The average Bonchev–Trinajstić information content (AvgIpc) is 3.03. The van der Waals surface area contributed by atoms with E-state index in [1.165, 1.54) is 12.1 Å². The number of methoxy groups -OCH3 is 1. The lowest BCUT2D eigenvalue weighted by molar-refractivity contribution is -0.384. The van der Waals surface area contributed by atoms with Crippen LogP contribution in [0.1, 0.15) is 15.9 Å². The first-order valence-electron chi connectivity index (χ1n) is 13.3. The molecule has 216 valence electrons. The summed E-state index contributed by atoms with van der Waals surface area (Å²) in [6.45, 7) is 2.95. The fraction of sp³-hybridized carbons (Fsp3) is 0.226. The molecular weight excluding hydrogens is 540 g/mol. The van der Waals surface area contributed by atoms with Crippen molar-refractivity contribution in [2.75, 3.05) is 50.3 Å². The third-order valence-corrected chi connectivity index (χ3v) is 7.03. The molecule has 1 fully saturated rings. The largest absolute Gasteiger partial charge is 0.497 e. The molecule has 0 bridgehead atoms. The number of nitro groups is 1. The van der Waals surface area contributed by atoms with Crippen LogP contribution in [-0.2, 0) is 11.3 Å². The predicted octanol–water partition coefficient (Wildman–Crippen LogP) is 5.55. The van der Waals surface area contributed by atoms with Gasteiger partial charge in [-0.25, -0.2) is 9.78 Å². The van der Waals surface area contributed by atoms with Gasteiger partial charge in [-0.05, 0) is 35.9 Å². The molecule has 42 heavy (non-hydrogen) atoms. The molecule has 1 saturated heterocycles. The van der Waals surface area contributed by atoms with E-state index >= 15 is 0 Å². The maximum Gasteiger partial charge on any atom is 0.338 e. The Hall–Kier alpha value is -5.16. The van der Waals surface area contributed by atoms with Gasteiger partial charge in [0.1, 0.15) is 12.4 Å². The van der Waals surface area contributed by atoms with Crippen LogP contribution in [0.15, 0.2) is 78.9 Å². The van der Waals surface area contributed by atoms with E-state index in [0.717, 1.165) is 28.6 Å². The summed E-state index contributed by atoms with van der Waals surface area (Å²) in [4.78, 5) is 31.5. The van der Waals surface area contributed by atoms with E-state index in [4.69, 9.17) is 19.2 Å². The summed E-state index contributed by atoms with van der Waals surface area (Å²) < 4.78 is 17.0. The van der Waals surface area contributed by atoms with E-state index in [1.54, 1.807) is 19.1 Å². The number of carboxylic acids is 1. The second-order valence-corrected chi connectivity index (χ2v) is 9.62. The minimum absolute atomic E-state index is 0.181. The monoisotopic (exact) mass is 570 g/mol. The van der Waals surface area contributed by atoms with Crippen molar-refractivity contribution in [2.45, 2.75) is 6.61 Å². The number of hydrogen-bond donors (Lipinski definition) is 1. The third kappa shape index (κ3) is 6.26. The van der Waals surface area contributed by atoms with Gasteiger partial charge in [-0.2, -0.15) is 0 Å². The molecule has 0 spiro atoms. The molecule has 0 unspecified atom stereocenters. The molecule has 11 heteroatoms. The van der Waals surface area contributed by atoms with Crippen LogP contribution >= 0.6 is 0 Å². The Morgan fingerprint density at radius 1 is 1.05 bits per heavy atom. The van der Waals surface area contributed by atoms with Crippen LogP contribution in [0, 0.1) is 10.1 Å². The van der Waals surface area contributed by atoms with Crippen molar-refractivity contribution in [3.63, 3.8) is 0 Å². The first-order chi connectivity index (χ1) is 20.3. The molecule has 3 aromatic carbocycles. The molecule has 0 saturated carbocycles. The van der Waals surface area contributed by atoms with Gasteiger partial charge in [0.15, 0.2) is 0 Å². The molecule has 1 N–H and O–H groups in total. The number of pyridine rings is 1. The third-order valence-electron chi connectivity index (χ3n) is 7.03. The lowest BCUT2D eigenvalue weighted by Gasteiger charge is -2.30. The molecule has 0 atom stereocenters. The molecule has 5 rings (SSSR count). The Labute approximate surface area is 242 Å². The van der Waals surface area contributed by atoms with Crippen LogP contribution in [0.3, 0.4) is 0 Å². The zero-order valence-corrected chi connectivity index (χ0v) is 23.2. The van der Waals surface area contributed by atoms with Gasteiger partial charge < -0.3 is 29.1 Å². The first-order valence-corrected chi connectivity index (χ1v) is 13.3. The summed E-state index contributed by atoms with van der Waals surface area (Å²) in [5.74, 6) is -0.0724. The van der Waals surface area contributed by atoms with Crippen molar-refractivity contribution >= 4 is 28.7 Å². The Morgan fingerprint density at radius 3 is 2.48 bits per heavy atom. The first kappa shape index (κ1) is 28.4. The number of ether oxygens (including phenoxy) is 3. The van der Waals surface area contributed by atoms with Gasteiger partial charge in [0.25, 0.3) is 5.69 Å². The highest BCUT2D eigenvalue weighted by Crippen LogP contribution is 2.38. The zero-order chi connectivity index (χ0) is 29.6. The van der Waals surface area contributed by atoms with Crippen molar-refractivity contribution in [3.8, 4) is 22.9 Å². The molecule has 4 aromatic rings. The van der Waals surface area contributed by atoms with E-state index in [0.29, 0.717) is 55.9 Å². The highest BCUT2D eigenvalue weighted by Gasteiger charge is 2.22. The number of para-hydroxylation sites is 1. The van der Waals surface area contributed by atoms with Gasteiger partial charge in [0.2, 0.25) is 5.88 Å². The number of aromatic nitrogens is 1. The summed E-state index contributed by atoms with van der Waals surface area (Å²) >= 11 is 0. The second-order valence-electron chi connectivity index (χ2n) is 9.62. The number of benzene rings is 3. The number of non-ortho nitro benzene ring substituents is 1. The summed E-state index contributed by atoms with van der Waals surface area (Å²) in [7, 11) is 3.34. The molecule has 0 radical (unpaired) electrons. The van der Waals surface area contributed by atoms with Crippen molar-refractivity contribution in [1.82, 2.24) is 4.98 Å². The number of anilines is 3. The number of nitro benzene ring substituents is 1. The number of nitrogens with zero attached hydrogens (tertiary/aromatic N) is 4. The minimum atomic E-state index is -1.26. The van der Waals surface area contributed by atoms with Crippen LogP contribution in [0.4, 0.5) is 22.7 Å². The summed E-state index contributed by atoms with van der Waals surface area (Å²) in [5, 5.41) is 21.1. The standard InChI is InChI=1S/C31H30N4O7/c1-33(29-12-9-22(35(38)39)17-26(29)31(36)37)28-6-4-3-5-25(28)27-18-23(34-13-15-41-16-14-34)19-30(32-27)42-20-21-7-10-24(40-2)11-8-21/h3-12,17-19H,13-16,20H2,1-2H3,(H,36,37). The van der Waals surface area contributed by atoms with Gasteiger partial charge in [0, 0.05) is 49.6 Å². The highest BCUT2D eigenvalue weighted by molar-refractivity contribution is 5.97. The molecule has 0 amide bonds. The highest BCUT2D eigenvalue weighted by atomic mass is 16.6. The quantitative estimate of drug-likeness (QED) is 0.192. The number of rotatable bonds is 10. The Kier molecular flexibility index (Phi) is 8.49. The van der Waals surface area contributed by atoms with E-state index in [9.17, 15) is 20.0 Å². The van der Waals surface area contributed by atoms with Gasteiger partial charge in [0.05, 0.1) is 47.9 Å². The normalized spacial score (nSPS) is 13.0. The molecule has 2 heterocycles. The van der Waals surface area contributed by atoms with Crippen molar-refractivity contribution in [2.24, 2.45) is 0 Å². The van der Waals surface area contributed by atoms with Crippen LogP contribution in [0.2, 0.25) is 0 Å². The van der Waals surface area contributed by atoms with E-state index in [1.807, 2.05) is 60.7 Å². The molecule has 0 aliphatic carbocycles. The SMILES string of the molecule is COc1ccc(COc2cc(N3CCOCC3)cc(-c3ccccc3N(C)c3ccc([N+](=O)[O-])cc3C(=O)O)n2)cc1. The van der Waals surface area contributed by atoms with Crippen LogP contribution < -0.4 is 19.3 Å². The van der Waals surface area contributed by atoms with Gasteiger partial charge in [-0.3, -0.25) is 10.1 Å². The smallest absolute Gasteiger partial charge is 0.338 e. The summed E-state index contributed by atoms with van der Waals surface area (Å²) in [6.07, 6.45) is 0. The van der Waals surface area contributed by atoms with E-state index in [-0.39, 0.29) is 11.3 Å². The molecule has 1 aliphatic heterocycles. The van der Waals surface area contributed by atoms with Crippen molar-refractivity contribution < 1.29 is 29.0 Å². The maximum absolute atomic E-state index is 12.1. The van der Waals surface area contributed by atoms with Gasteiger partial charge in [-0.1, -0.05) is 30.3 Å². The number of aromatic carboxylic acids is 1. The lowest BCUT2D eigenvalue weighted by Crippen LogP contribution is -2.36. The number of carboxylic acid groups (broad SMARTS) is 1. The second kappa shape index (κ2) is 12.6. The van der Waals surface area contributed by atoms with Crippen LogP contribution in [0.5, 0.6) is 11.6 Å². The number of carbonyl (C=O) groups is 1. The molecule has 1 aliphatic rings. The number of hydrogen-bond acceptors (Lipinski definition) is 9. The fourth-order valence-corrected chi connectivity index (χ4v) is 4.80. The zero-order valence-electron chi connectivity index (χ0n) is 23.2. The lowest BCUT2D eigenvalue weighted by atomic mass is 10.0. The van der Waals surface area contributed by atoms with Crippen molar-refractivity contribution in [1.29, 1.82) is 0 Å². The molecule has 11 nitrogen and oxygen atoms in total. The molecule has 1 aromatic heterocycles.